The molecule has 0 N–H and O–H groups in total. The quantitative estimate of drug-likeness (QED) is 0.335. The molecule has 0 spiro atoms. The van der Waals surface area contributed by atoms with Crippen molar-refractivity contribution in [1.82, 2.24) is 0 Å². The van der Waals surface area contributed by atoms with E-state index in [2.05, 4.69) is 9.99 Å². The van der Waals surface area contributed by atoms with E-state index >= 15 is 0 Å². The molecule has 0 fully saturated rings. The van der Waals surface area contributed by atoms with Crippen molar-refractivity contribution in [1.29, 1.82) is 0 Å². The first-order valence-electron chi connectivity index (χ1n) is 2.76. The first kappa shape index (κ1) is 12.3. The maximum Gasteiger partial charge on any atom is 0.331 e. The highest BCUT2D eigenvalue weighted by Crippen LogP contribution is 2.15. The van der Waals surface area contributed by atoms with Crippen molar-refractivity contribution in [2.24, 2.45) is 5.16 Å². The molecule has 0 aliphatic rings. The number of rotatable bonds is 3. The molecule has 0 bridgehead atoms. The Morgan fingerprint density at radius 2 is 1.67 bits per heavy atom. The van der Waals surface area contributed by atoms with Crippen LogP contribution in [0.2, 0.25) is 0 Å². The fourth-order valence-corrected chi connectivity index (χ4v) is 1.21. The minimum atomic E-state index is -0.996. The van der Waals surface area contributed by atoms with E-state index in [0.717, 1.165) is 0 Å². The summed E-state index contributed by atoms with van der Waals surface area (Å²) in [5.74, 6) is -0.601. The first-order chi connectivity index (χ1) is 5.45. The molecule has 7 heteroatoms. The lowest BCUT2D eigenvalue weighted by Crippen LogP contribution is -2.17. The number of nitrogens with zero attached hydrogens (tertiary/aromatic N) is 1. The molecule has 0 saturated heterocycles. The Hall–Kier alpha value is 0.300. The monoisotopic (exact) mass is 251 g/mol. The van der Waals surface area contributed by atoms with Crippen LogP contribution in [-0.2, 0) is 9.63 Å². The van der Waals surface area contributed by atoms with E-state index in [0.29, 0.717) is 0 Å². The van der Waals surface area contributed by atoms with E-state index in [1.54, 1.807) is 0 Å². The molecule has 0 radical (unpaired) electrons. The fraction of sp³-hybridized carbons (Fsp3) is 0.600. The topological polar surface area (TPSA) is 38.7 Å². The van der Waals surface area contributed by atoms with Crippen LogP contribution in [0, 0.1) is 0 Å². The number of carbonyl (C=O) groups excluding carboxylic acids is 1. The third kappa shape index (κ3) is 5.04. The van der Waals surface area contributed by atoms with Gasteiger partial charge in [0.2, 0.25) is 0 Å². The second kappa shape index (κ2) is 5.86. The van der Waals surface area contributed by atoms with Gasteiger partial charge in [-0.2, -0.15) is 0 Å². The summed E-state index contributed by atoms with van der Waals surface area (Å²) < 4.78 is 0. The van der Waals surface area contributed by atoms with E-state index in [1.807, 2.05) is 0 Å². The van der Waals surface area contributed by atoms with Crippen molar-refractivity contribution in [3.05, 3.63) is 0 Å². The van der Waals surface area contributed by atoms with E-state index < -0.39 is 15.6 Å². The lowest BCUT2D eigenvalue weighted by atomic mass is 10.5. The van der Waals surface area contributed by atoms with Crippen LogP contribution in [0.5, 0.6) is 0 Å². The first-order valence-corrected chi connectivity index (χ1v) is 4.51. The molecule has 0 aromatic carbocycles. The van der Waals surface area contributed by atoms with Crippen LogP contribution in [0.25, 0.3) is 0 Å². The molecule has 0 rings (SSSR count). The second-order valence-electron chi connectivity index (χ2n) is 1.70. The molecule has 0 aliphatic carbocycles. The van der Waals surface area contributed by atoms with Gasteiger partial charge in [-0.1, -0.05) is 51.6 Å². The smallest absolute Gasteiger partial charge is 0.318 e. The number of carbonyl (C=O) groups is 1. The summed E-state index contributed by atoms with van der Waals surface area (Å²) in [6, 6.07) is 0. The maximum atomic E-state index is 10.3. The zero-order chi connectivity index (χ0) is 9.72. The lowest BCUT2D eigenvalue weighted by molar-refractivity contribution is -0.140. The predicted octanol–water partition coefficient (Wildman–Crippen LogP) is 2.51. The van der Waals surface area contributed by atoms with Gasteiger partial charge < -0.3 is 4.84 Å². The van der Waals surface area contributed by atoms with E-state index in [-0.39, 0.29) is 5.71 Å². The SMILES string of the molecule is CC(=O)ON=C(C(Cl)Cl)C(Cl)Cl. The van der Waals surface area contributed by atoms with Crippen LogP contribution in [0.1, 0.15) is 6.92 Å². The van der Waals surface area contributed by atoms with Gasteiger partial charge in [0.1, 0.15) is 5.71 Å². The summed E-state index contributed by atoms with van der Waals surface area (Å²) in [5, 5.41) is 3.26. The third-order valence-electron chi connectivity index (χ3n) is 0.727. The minimum absolute atomic E-state index is 0.0168. The van der Waals surface area contributed by atoms with E-state index in [4.69, 9.17) is 46.4 Å². The Kier molecular flexibility index (Phi) is 6.01. The van der Waals surface area contributed by atoms with Crippen LogP contribution in [0.15, 0.2) is 5.16 Å². The van der Waals surface area contributed by atoms with Gasteiger partial charge >= 0.3 is 5.97 Å². The van der Waals surface area contributed by atoms with Crippen molar-refractivity contribution >= 4 is 58.1 Å². The average molecular weight is 253 g/mol. The van der Waals surface area contributed by atoms with E-state index in [1.165, 1.54) is 6.92 Å². The standard InChI is InChI=1S/C5H5Cl4NO2/c1-2(11)12-10-3(4(6)7)5(8)9/h4-5H,1H3. The summed E-state index contributed by atoms with van der Waals surface area (Å²) in [7, 11) is 0. The van der Waals surface area contributed by atoms with Gasteiger partial charge in [0.15, 0.2) is 9.67 Å². The van der Waals surface area contributed by atoms with Crippen molar-refractivity contribution < 1.29 is 9.63 Å². The number of hydrogen-bond acceptors (Lipinski definition) is 3. The summed E-state index contributed by atoms with van der Waals surface area (Å²) in [6.45, 7) is 1.18. The molecule has 0 saturated carbocycles. The van der Waals surface area contributed by atoms with Gasteiger partial charge in [0, 0.05) is 6.92 Å². The maximum absolute atomic E-state index is 10.3. The molecule has 0 unspecified atom stereocenters. The predicted molar refractivity (Wildman–Crippen MR) is 50.2 cm³/mol. The Bertz CT molecular complexity index is 182. The highest BCUT2D eigenvalue weighted by Gasteiger charge is 2.18. The largest absolute Gasteiger partial charge is 0.331 e. The lowest BCUT2D eigenvalue weighted by Gasteiger charge is -2.05. The van der Waals surface area contributed by atoms with Crippen LogP contribution in [0.3, 0.4) is 0 Å². The average Bonchev–Trinajstić information content (AvgIpc) is 1.84. The fourth-order valence-electron chi connectivity index (χ4n) is 0.292. The van der Waals surface area contributed by atoms with Crippen LogP contribution in [-0.4, -0.2) is 21.4 Å². The number of halogens is 4. The molecule has 0 heterocycles. The summed E-state index contributed by atoms with van der Waals surface area (Å²) >= 11 is 21.6. The van der Waals surface area contributed by atoms with Gasteiger partial charge in [-0.25, -0.2) is 4.79 Å². The molecule has 0 amide bonds. The van der Waals surface area contributed by atoms with Crippen molar-refractivity contribution in [2.45, 2.75) is 16.6 Å². The molecule has 3 nitrogen and oxygen atoms in total. The molecular weight excluding hydrogens is 248 g/mol. The molecule has 0 aromatic rings. The van der Waals surface area contributed by atoms with Crippen LogP contribution >= 0.6 is 46.4 Å². The van der Waals surface area contributed by atoms with Gasteiger partial charge in [-0.3, -0.25) is 0 Å². The van der Waals surface area contributed by atoms with Crippen molar-refractivity contribution in [3.8, 4) is 0 Å². The number of oxime groups is 1. The summed E-state index contributed by atoms with van der Waals surface area (Å²) in [6.07, 6.45) is 0. The van der Waals surface area contributed by atoms with Crippen molar-refractivity contribution in [2.75, 3.05) is 0 Å². The van der Waals surface area contributed by atoms with Gasteiger partial charge in [0.25, 0.3) is 0 Å². The van der Waals surface area contributed by atoms with Gasteiger partial charge in [-0.15, -0.1) is 0 Å². The highest BCUT2D eigenvalue weighted by molar-refractivity contribution is 6.64. The minimum Gasteiger partial charge on any atom is -0.318 e. The molecule has 70 valence electrons. The van der Waals surface area contributed by atoms with Crippen LogP contribution < -0.4 is 0 Å². The Labute approximate surface area is 89.5 Å². The second-order valence-corrected chi connectivity index (χ2v) is 3.89. The number of alkyl halides is 4. The highest BCUT2D eigenvalue weighted by atomic mass is 35.5. The number of hydrogen-bond donors (Lipinski definition) is 0. The van der Waals surface area contributed by atoms with E-state index in [9.17, 15) is 4.79 Å². The Morgan fingerprint density at radius 3 is 1.92 bits per heavy atom. The normalized spacial score (nSPS) is 10.2. The van der Waals surface area contributed by atoms with Crippen LogP contribution in [0.4, 0.5) is 0 Å². The summed E-state index contributed by atoms with van der Waals surface area (Å²) in [5.41, 5.74) is -0.0168. The third-order valence-corrected chi connectivity index (χ3v) is 1.62. The molecule has 0 aliphatic heterocycles. The van der Waals surface area contributed by atoms with Gasteiger partial charge in [-0.05, 0) is 0 Å². The zero-order valence-electron chi connectivity index (χ0n) is 5.93. The summed E-state index contributed by atoms with van der Waals surface area (Å²) in [4.78, 5) is 12.5. The zero-order valence-corrected chi connectivity index (χ0v) is 8.95. The molecule has 12 heavy (non-hydrogen) atoms. The van der Waals surface area contributed by atoms with Crippen molar-refractivity contribution in [3.63, 3.8) is 0 Å². The molecular formula is C5H5Cl4NO2. The van der Waals surface area contributed by atoms with Gasteiger partial charge in [0.05, 0.1) is 0 Å². The Morgan fingerprint density at radius 1 is 1.25 bits per heavy atom. The Balaban J connectivity index is 4.29. The molecule has 0 aromatic heterocycles. The molecule has 0 atom stereocenters.